The number of amides is 1. The van der Waals surface area contributed by atoms with Crippen molar-refractivity contribution in [2.75, 3.05) is 32.8 Å². The van der Waals surface area contributed by atoms with Crippen molar-refractivity contribution in [1.29, 1.82) is 0 Å². The van der Waals surface area contributed by atoms with E-state index in [1.165, 1.54) is 6.07 Å². The van der Waals surface area contributed by atoms with Gasteiger partial charge in [-0.3, -0.25) is 14.5 Å². The third-order valence-electron chi connectivity index (χ3n) is 6.80. The number of halogens is 4. The van der Waals surface area contributed by atoms with Gasteiger partial charge in [0.25, 0.3) is 0 Å². The number of carbonyl (C=O) groups excluding carboxylic acids is 2. The summed E-state index contributed by atoms with van der Waals surface area (Å²) in [4.78, 5) is 27.4. The SMILES string of the molecule is O=C1C[C@H](CCC(=O)N2CC3(CCN(Cc4ccc(C(F)(F)F)cc4F)CC3)C2)CO1. The number of hydrogen-bond donors (Lipinski definition) is 0. The van der Waals surface area contributed by atoms with Crippen LogP contribution in [0.3, 0.4) is 0 Å². The minimum atomic E-state index is -4.55. The Morgan fingerprint density at radius 3 is 2.48 bits per heavy atom. The summed E-state index contributed by atoms with van der Waals surface area (Å²) in [6.45, 7) is 3.58. The maximum absolute atomic E-state index is 14.1. The Kier molecular flexibility index (Phi) is 5.98. The number of carbonyl (C=O) groups is 2. The highest BCUT2D eigenvalue weighted by atomic mass is 19.4. The van der Waals surface area contributed by atoms with Gasteiger partial charge in [-0.1, -0.05) is 6.07 Å². The van der Waals surface area contributed by atoms with Crippen molar-refractivity contribution >= 4 is 11.9 Å². The topological polar surface area (TPSA) is 49.9 Å². The third kappa shape index (κ3) is 5.02. The molecule has 0 aromatic heterocycles. The molecule has 0 radical (unpaired) electrons. The molecule has 3 aliphatic rings. The predicted octanol–water partition coefficient (Wildman–Crippen LogP) is 3.61. The maximum atomic E-state index is 14.1. The molecule has 4 rings (SSSR count). The van der Waals surface area contributed by atoms with E-state index in [-0.39, 0.29) is 35.3 Å². The minimum Gasteiger partial charge on any atom is -0.465 e. The van der Waals surface area contributed by atoms with E-state index in [0.29, 0.717) is 45.0 Å². The fraction of sp³-hybridized carbons (Fsp3) is 0.636. The first-order valence-corrected chi connectivity index (χ1v) is 10.6. The van der Waals surface area contributed by atoms with Gasteiger partial charge in [0.05, 0.1) is 18.6 Å². The lowest BCUT2D eigenvalue weighted by atomic mass is 9.71. The van der Waals surface area contributed by atoms with Crippen LogP contribution in [0.1, 0.15) is 43.2 Å². The standard InChI is InChI=1S/C22H26F4N2O3/c23-18-10-17(22(24,25)26)3-2-16(18)11-27-7-5-21(6-8-27)13-28(14-21)19(29)4-1-15-9-20(30)31-12-15/h2-3,10,15H,1,4-9,11-14H2/t15-/m0/s1. The van der Waals surface area contributed by atoms with Crippen LogP contribution in [0.2, 0.25) is 0 Å². The minimum absolute atomic E-state index is 0.0945. The maximum Gasteiger partial charge on any atom is 0.416 e. The highest BCUT2D eigenvalue weighted by Gasteiger charge is 2.46. The van der Waals surface area contributed by atoms with Crippen LogP contribution in [0.5, 0.6) is 0 Å². The van der Waals surface area contributed by atoms with E-state index in [9.17, 15) is 27.2 Å². The fourth-order valence-electron chi connectivity index (χ4n) is 4.77. The summed E-state index contributed by atoms with van der Waals surface area (Å²) in [5, 5.41) is 0. The first kappa shape index (κ1) is 22.0. The first-order valence-electron chi connectivity index (χ1n) is 10.6. The van der Waals surface area contributed by atoms with Crippen molar-refractivity contribution in [1.82, 2.24) is 9.80 Å². The van der Waals surface area contributed by atoms with Gasteiger partial charge in [0.2, 0.25) is 5.91 Å². The van der Waals surface area contributed by atoms with Crippen molar-refractivity contribution in [2.24, 2.45) is 11.3 Å². The molecule has 0 bridgehead atoms. The Morgan fingerprint density at radius 1 is 1.19 bits per heavy atom. The Morgan fingerprint density at radius 2 is 1.90 bits per heavy atom. The fourth-order valence-corrected chi connectivity index (χ4v) is 4.77. The zero-order valence-corrected chi connectivity index (χ0v) is 17.2. The number of esters is 1. The van der Waals surface area contributed by atoms with Crippen molar-refractivity contribution in [3.63, 3.8) is 0 Å². The molecular weight excluding hydrogens is 416 g/mol. The van der Waals surface area contributed by atoms with Crippen molar-refractivity contribution in [3.8, 4) is 0 Å². The highest BCUT2D eigenvalue weighted by Crippen LogP contribution is 2.41. The van der Waals surface area contributed by atoms with Crippen LogP contribution in [0.25, 0.3) is 0 Å². The van der Waals surface area contributed by atoms with E-state index in [1.807, 2.05) is 4.90 Å². The summed E-state index contributed by atoms with van der Waals surface area (Å²) in [7, 11) is 0. The summed E-state index contributed by atoms with van der Waals surface area (Å²) >= 11 is 0. The molecule has 5 nitrogen and oxygen atoms in total. The normalized spacial score (nSPS) is 23.7. The lowest BCUT2D eigenvalue weighted by molar-refractivity contribution is -0.147. The molecule has 0 N–H and O–H groups in total. The highest BCUT2D eigenvalue weighted by molar-refractivity contribution is 5.77. The number of benzene rings is 1. The Bertz CT molecular complexity index is 842. The van der Waals surface area contributed by atoms with Gasteiger partial charge >= 0.3 is 12.1 Å². The summed E-state index contributed by atoms with van der Waals surface area (Å²) in [5.41, 5.74) is -0.613. The lowest BCUT2D eigenvalue weighted by Gasteiger charge is -2.54. The third-order valence-corrected chi connectivity index (χ3v) is 6.80. The van der Waals surface area contributed by atoms with Crippen LogP contribution < -0.4 is 0 Å². The molecule has 3 fully saturated rings. The predicted molar refractivity (Wildman–Crippen MR) is 103 cm³/mol. The number of likely N-dealkylation sites (tertiary alicyclic amines) is 2. The van der Waals surface area contributed by atoms with E-state index in [2.05, 4.69) is 4.90 Å². The Balaban J connectivity index is 1.21. The van der Waals surface area contributed by atoms with Crippen molar-refractivity contribution in [2.45, 2.75) is 44.8 Å². The molecule has 1 spiro atoms. The Hall–Kier alpha value is -2.16. The van der Waals surface area contributed by atoms with Crippen LogP contribution in [-0.4, -0.2) is 54.5 Å². The lowest BCUT2D eigenvalue weighted by Crippen LogP contribution is -2.61. The van der Waals surface area contributed by atoms with E-state index in [4.69, 9.17) is 4.74 Å². The van der Waals surface area contributed by atoms with E-state index in [1.54, 1.807) is 0 Å². The largest absolute Gasteiger partial charge is 0.465 e. The molecule has 3 aliphatic heterocycles. The van der Waals surface area contributed by atoms with Gasteiger partial charge in [0.1, 0.15) is 5.82 Å². The van der Waals surface area contributed by atoms with Gasteiger partial charge in [-0.15, -0.1) is 0 Å². The van der Waals surface area contributed by atoms with Crippen molar-refractivity contribution in [3.05, 3.63) is 35.1 Å². The number of hydrogen-bond acceptors (Lipinski definition) is 4. The summed E-state index contributed by atoms with van der Waals surface area (Å²) in [6, 6.07) is 2.70. The zero-order valence-electron chi connectivity index (χ0n) is 17.2. The number of rotatable bonds is 5. The summed E-state index contributed by atoms with van der Waals surface area (Å²) in [6.07, 6.45) is -1.30. The second-order valence-corrected chi connectivity index (χ2v) is 9.12. The van der Waals surface area contributed by atoms with Crippen molar-refractivity contribution < 1.29 is 31.9 Å². The molecule has 9 heteroatoms. The molecule has 1 amide bonds. The summed E-state index contributed by atoms with van der Waals surface area (Å²) in [5.74, 6) is -0.770. The van der Waals surface area contributed by atoms with Crippen LogP contribution >= 0.6 is 0 Å². The van der Waals surface area contributed by atoms with Gasteiger partial charge in [-0.05, 0) is 44.5 Å². The molecule has 170 valence electrons. The number of alkyl halides is 3. The number of nitrogens with zero attached hydrogens (tertiary/aromatic N) is 2. The van der Waals surface area contributed by atoms with Crippen LogP contribution in [0, 0.1) is 17.2 Å². The van der Waals surface area contributed by atoms with Gasteiger partial charge in [0.15, 0.2) is 0 Å². The van der Waals surface area contributed by atoms with Crippen LogP contribution in [0.15, 0.2) is 18.2 Å². The Labute approximate surface area is 178 Å². The number of piperidine rings is 1. The zero-order chi connectivity index (χ0) is 22.2. The molecule has 1 aromatic rings. The average Bonchev–Trinajstić information content (AvgIpc) is 3.11. The smallest absolute Gasteiger partial charge is 0.416 e. The molecule has 1 atom stereocenters. The second kappa shape index (κ2) is 8.41. The molecule has 3 saturated heterocycles. The number of cyclic esters (lactones) is 1. The van der Waals surface area contributed by atoms with E-state index in [0.717, 1.165) is 32.0 Å². The average molecular weight is 442 g/mol. The molecule has 31 heavy (non-hydrogen) atoms. The van der Waals surface area contributed by atoms with Gasteiger partial charge in [-0.2, -0.15) is 13.2 Å². The molecule has 0 unspecified atom stereocenters. The monoisotopic (exact) mass is 442 g/mol. The number of ether oxygens (including phenoxy) is 1. The molecule has 0 aliphatic carbocycles. The van der Waals surface area contributed by atoms with Crippen LogP contribution in [-0.2, 0) is 27.0 Å². The first-order chi connectivity index (χ1) is 14.6. The van der Waals surface area contributed by atoms with Gasteiger partial charge in [-0.25, -0.2) is 4.39 Å². The van der Waals surface area contributed by atoms with E-state index < -0.39 is 17.6 Å². The van der Waals surface area contributed by atoms with Crippen LogP contribution in [0.4, 0.5) is 17.6 Å². The quantitative estimate of drug-likeness (QED) is 0.517. The van der Waals surface area contributed by atoms with E-state index >= 15 is 0 Å². The molecule has 0 saturated carbocycles. The molecular formula is C22H26F4N2O3. The molecule has 1 aromatic carbocycles. The summed E-state index contributed by atoms with van der Waals surface area (Å²) < 4.78 is 57.1. The molecule has 3 heterocycles. The van der Waals surface area contributed by atoms with Gasteiger partial charge in [0, 0.05) is 43.0 Å². The second-order valence-electron chi connectivity index (χ2n) is 9.12. The van der Waals surface area contributed by atoms with Gasteiger partial charge < -0.3 is 9.64 Å².